The Morgan fingerprint density at radius 2 is 1.89 bits per heavy atom. The average molecular weight is 360 g/mol. The number of carbonyl (C=O) groups excluding carboxylic acids is 1. The predicted molar refractivity (Wildman–Crippen MR) is 102 cm³/mol. The van der Waals surface area contributed by atoms with Crippen LogP contribution in [0.15, 0.2) is 48.5 Å². The van der Waals surface area contributed by atoms with Gasteiger partial charge in [-0.3, -0.25) is 0 Å². The van der Waals surface area contributed by atoms with Crippen molar-refractivity contribution in [1.82, 2.24) is 4.98 Å². The van der Waals surface area contributed by atoms with E-state index in [-0.39, 0.29) is 5.56 Å². The summed E-state index contributed by atoms with van der Waals surface area (Å²) in [7, 11) is 3.69. The van der Waals surface area contributed by atoms with Crippen molar-refractivity contribution < 1.29 is 19.5 Å². The number of quaternary nitrogens is 1. The number of aromatic carboxylic acids is 1. The minimum Gasteiger partial charge on any atom is -0.545 e. The van der Waals surface area contributed by atoms with Gasteiger partial charge in [-0.05, 0) is 18.2 Å². The van der Waals surface area contributed by atoms with E-state index in [9.17, 15) is 9.90 Å². The number of carboxylic acid groups (broad SMARTS) is 1. The molecule has 2 aromatic carbocycles. The maximum Gasteiger partial charge on any atom is 0.126 e. The first-order valence-corrected chi connectivity index (χ1v) is 8.86. The largest absolute Gasteiger partial charge is 0.545 e. The van der Waals surface area contributed by atoms with Crippen LogP contribution in [0.25, 0.3) is 22.6 Å². The Hall–Kier alpha value is -3.18. The van der Waals surface area contributed by atoms with Crippen molar-refractivity contribution in [1.29, 1.82) is 0 Å². The fourth-order valence-electron chi connectivity index (χ4n) is 3.79. The van der Waals surface area contributed by atoms with E-state index < -0.39 is 5.97 Å². The molecule has 1 unspecified atom stereocenters. The summed E-state index contributed by atoms with van der Waals surface area (Å²) in [6.45, 7) is 1.35. The summed E-state index contributed by atoms with van der Waals surface area (Å²) in [6.07, 6.45) is 2.04. The number of carbonyl (C=O) groups is 1. The first-order chi connectivity index (χ1) is 13.1. The molecular weight excluding hydrogens is 340 g/mol. The predicted octanol–water partition coefficient (Wildman–Crippen LogP) is 1.18. The molecule has 27 heavy (non-hydrogen) atoms. The van der Waals surface area contributed by atoms with Crippen molar-refractivity contribution in [2.45, 2.75) is 6.54 Å². The molecule has 1 aliphatic heterocycles. The fraction of sp³-hybridized carbons (Fsp3) is 0.182. The number of methoxy groups -OCH3 is 1. The molecule has 1 aromatic heterocycles. The van der Waals surface area contributed by atoms with Crippen molar-refractivity contribution in [2.24, 2.45) is 0 Å². The number of carboxylic acids is 1. The second kappa shape index (κ2) is 6.85. The Morgan fingerprint density at radius 3 is 2.67 bits per heavy atom. The molecule has 0 saturated carbocycles. The Balaban J connectivity index is 1.99. The Kier molecular flexibility index (Phi) is 4.38. The molecule has 0 spiro atoms. The SMILES string of the molecule is COc1ccccc1/C=C1\C[NH+](C)Cc2c1nc1ccccc1c2C(=O)[O-]. The smallest absolute Gasteiger partial charge is 0.126 e. The fourth-order valence-corrected chi connectivity index (χ4v) is 3.79. The normalized spacial score (nSPS) is 17.7. The van der Waals surface area contributed by atoms with Crippen molar-refractivity contribution >= 4 is 28.5 Å². The molecule has 136 valence electrons. The van der Waals surface area contributed by atoms with Gasteiger partial charge in [0.1, 0.15) is 18.8 Å². The topological polar surface area (TPSA) is 66.7 Å². The third kappa shape index (κ3) is 3.06. The van der Waals surface area contributed by atoms with Crippen molar-refractivity contribution in [3.8, 4) is 5.75 Å². The number of hydrogen-bond acceptors (Lipinski definition) is 4. The first-order valence-electron chi connectivity index (χ1n) is 8.86. The third-order valence-electron chi connectivity index (χ3n) is 4.94. The van der Waals surface area contributed by atoms with Crippen LogP contribution < -0.4 is 14.7 Å². The van der Waals surface area contributed by atoms with Crippen LogP contribution in [0.2, 0.25) is 0 Å². The van der Waals surface area contributed by atoms with E-state index >= 15 is 0 Å². The highest BCUT2D eigenvalue weighted by Gasteiger charge is 2.27. The van der Waals surface area contributed by atoms with Gasteiger partial charge in [0.25, 0.3) is 0 Å². The highest BCUT2D eigenvalue weighted by atomic mass is 16.5. The minimum absolute atomic E-state index is 0.251. The van der Waals surface area contributed by atoms with E-state index in [0.717, 1.165) is 34.7 Å². The van der Waals surface area contributed by atoms with Gasteiger partial charge in [-0.25, -0.2) is 4.98 Å². The van der Waals surface area contributed by atoms with E-state index in [2.05, 4.69) is 0 Å². The lowest BCUT2D eigenvalue weighted by Crippen LogP contribution is -3.08. The van der Waals surface area contributed by atoms with Crippen LogP contribution in [0.4, 0.5) is 0 Å². The maximum atomic E-state index is 12.0. The molecule has 0 aliphatic carbocycles. The van der Waals surface area contributed by atoms with Gasteiger partial charge in [0.05, 0.1) is 31.3 Å². The van der Waals surface area contributed by atoms with E-state index in [1.54, 1.807) is 13.2 Å². The lowest BCUT2D eigenvalue weighted by atomic mass is 9.92. The number of benzene rings is 2. The van der Waals surface area contributed by atoms with Gasteiger partial charge in [0.2, 0.25) is 0 Å². The summed E-state index contributed by atoms with van der Waals surface area (Å²) in [4.78, 5) is 18.0. The second-order valence-electron chi connectivity index (χ2n) is 6.84. The summed E-state index contributed by atoms with van der Waals surface area (Å²) >= 11 is 0. The number of rotatable bonds is 3. The van der Waals surface area contributed by atoms with Gasteiger partial charge in [-0.2, -0.15) is 0 Å². The number of hydrogen-bond donors (Lipinski definition) is 1. The summed E-state index contributed by atoms with van der Waals surface area (Å²) in [6, 6.07) is 15.1. The van der Waals surface area contributed by atoms with Crippen LogP contribution in [0, 0.1) is 0 Å². The minimum atomic E-state index is -1.16. The van der Waals surface area contributed by atoms with Gasteiger partial charge in [-0.1, -0.05) is 36.4 Å². The standard InChI is InChI=1S/C22H20N2O3/c1-24-12-15(11-14-7-3-6-10-19(14)27-2)21-17(13-24)20(22(25)26)16-8-4-5-9-18(16)23-21/h3-11H,12-13H2,1-2H3,(H,25,26)/b15-11+. The molecule has 5 nitrogen and oxygen atoms in total. The van der Waals surface area contributed by atoms with E-state index in [4.69, 9.17) is 9.72 Å². The van der Waals surface area contributed by atoms with Crippen molar-refractivity contribution in [3.05, 3.63) is 70.9 Å². The van der Waals surface area contributed by atoms with Crippen molar-refractivity contribution in [2.75, 3.05) is 20.7 Å². The molecule has 0 saturated heterocycles. The van der Waals surface area contributed by atoms with Crippen LogP contribution in [0.5, 0.6) is 5.75 Å². The average Bonchev–Trinajstić information content (AvgIpc) is 2.66. The summed E-state index contributed by atoms with van der Waals surface area (Å²) in [5.41, 5.74) is 4.33. The molecule has 4 rings (SSSR count). The molecule has 1 atom stereocenters. The number of pyridine rings is 1. The molecular formula is C22H20N2O3. The Labute approximate surface area is 157 Å². The van der Waals surface area contributed by atoms with Gasteiger partial charge in [-0.15, -0.1) is 0 Å². The molecule has 0 radical (unpaired) electrons. The number of nitrogens with zero attached hydrogens (tertiary/aromatic N) is 1. The summed E-state index contributed by atoms with van der Waals surface area (Å²) < 4.78 is 5.46. The monoisotopic (exact) mass is 360 g/mol. The second-order valence-corrected chi connectivity index (χ2v) is 6.84. The zero-order valence-electron chi connectivity index (χ0n) is 15.3. The molecule has 1 aliphatic rings. The molecule has 0 amide bonds. The number of nitrogens with one attached hydrogen (secondary N) is 1. The lowest BCUT2D eigenvalue weighted by Gasteiger charge is -2.27. The van der Waals surface area contributed by atoms with Crippen LogP contribution in [-0.4, -0.2) is 31.7 Å². The highest BCUT2D eigenvalue weighted by molar-refractivity contribution is 6.05. The third-order valence-corrected chi connectivity index (χ3v) is 4.94. The Bertz CT molecular complexity index is 1070. The molecule has 0 fully saturated rings. The zero-order chi connectivity index (χ0) is 19.0. The molecule has 5 heteroatoms. The zero-order valence-corrected chi connectivity index (χ0v) is 15.3. The van der Waals surface area contributed by atoms with E-state index in [1.807, 2.05) is 55.6 Å². The first kappa shape index (κ1) is 17.2. The van der Waals surface area contributed by atoms with Crippen LogP contribution >= 0.6 is 0 Å². The van der Waals surface area contributed by atoms with Crippen LogP contribution in [0.3, 0.4) is 0 Å². The molecule has 2 heterocycles. The number of ether oxygens (including phenoxy) is 1. The quantitative estimate of drug-likeness (QED) is 0.762. The number of fused-ring (bicyclic) bond motifs is 2. The van der Waals surface area contributed by atoms with Crippen molar-refractivity contribution in [3.63, 3.8) is 0 Å². The number of aromatic nitrogens is 1. The van der Waals surface area contributed by atoms with E-state index in [0.29, 0.717) is 17.4 Å². The van der Waals surface area contributed by atoms with Gasteiger partial charge >= 0.3 is 0 Å². The van der Waals surface area contributed by atoms with Gasteiger partial charge in [0.15, 0.2) is 0 Å². The van der Waals surface area contributed by atoms with Gasteiger partial charge in [0, 0.05) is 27.6 Å². The highest BCUT2D eigenvalue weighted by Crippen LogP contribution is 2.31. The molecule has 3 aromatic rings. The summed E-state index contributed by atoms with van der Waals surface area (Å²) in [5.74, 6) is -0.383. The van der Waals surface area contributed by atoms with Crippen LogP contribution in [-0.2, 0) is 6.54 Å². The number of likely N-dealkylation sites (N-methyl/N-ethyl adjacent to an activating group) is 1. The molecule has 0 bridgehead atoms. The summed E-state index contributed by atoms with van der Waals surface area (Å²) in [5, 5.41) is 12.6. The maximum absolute atomic E-state index is 12.0. The Morgan fingerprint density at radius 1 is 1.15 bits per heavy atom. The number of para-hydroxylation sites is 2. The van der Waals surface area contributed by atoms with Crippen LogP contribution in [0.1, 0.15) is 27.2 Å². The van der Waals surface area contributed by atoms with Gasteiger partial charge < -0.3 is 19.5 Å². The van der Waals surface area contributed by atoms with E-state index in [1.165, 1.54) is 4.90 Å². The lowest BCUT2D eigenvalue weighted by molar-refractivity contribution is -0.887. The molecule has 1 N–H and O–H groups in total.